The molecule has 0 atom stereocenters. The average molecular weight is 359 g/mol. The zero-order chi connectivity index (χ0) is 16.4. The minimum absolute atomic E-state index is 0.303. The summed E-state index contributed by atoms with van der Waals surface area (Å²) in [7, 11) is 0. The third-order valence-corrected chi connectivity index (χ3v) is 4.99. The monoisotopic (exact) mass is 358 g/mol. The van der Waals surface area contributed by atoms with Gasteiger partial charge in [-0.05, 0) is 35.4 Å². The number of hydrogen-bond donors (Lipinski definition) is 1. The van der Waals surface area contributed by atoms with Gasteiger partial charge in [-0.2, -0.15) is 0 Å². The Balaban J connectivity index is 1.37. The van der Waals surface area contributed by atoms with E-state index in [1.807, 2.05) is 48.7 Å². The van der Waals surface area contributed by atoms with Crippen LogP contribution < -0.4 is 14.8 Å². The number of thiazole rings is 1. The van der Waals surface area contributed by atoms with Crippen LogP contribution in [0.3, 0.4) is 0 Å². The number of nitrogens with one attached hydrogen (secondary N) is 1. The number of rotatable bonds is 5. The Morgan fingerprint density at radius 1 is 1.08 bits per heavy atom. The standard InChI is InChI=1S/C18H15ClN2O2S/c19-14-3-1-2-13(7-14)17-9-21-18(24-17)10-20-8-12-4-5-15-16(6-12)23-11-22-15/h1-7,9,20H,8,10-11H2. The average Bonchev–Trinajstić information content (AvgIpc) is 3.23. The second kappa shape index (κ2) is 6.81. The van der Waals surface area contributed by atoms with Crippen molar-refractivity contribution >= 4 is 22.9 Å². The highest BCUT2D eigenvalue weighted by Crippen LogP contribution is 2.32. The summed E-state index contributed by atoms with van der Waals surface area (Å²) in [5.74, 6) is 1.62. The largest absolute Gasteiger partial charge is 0.454 e. The number of fused-ring (bicyclic) bond motifs is 1. The van der Waals surface area contributed by atoms with E-state index in [4.69, 9.17) is 21.1 Å². The molecule has 1 aromatic heterocycles. The van der Waals surface area contributed by atoms with Crippen LogP contribution in [0.15, 0.2) is 48.7 Å². The van der Waals surface area contributed by atoms with Gasteiger partial charge in [-0.1, -0.05) is 29.8 Å². The first-order valence-corrected chi connectivity index (χ1v) is 8.77. The van der Waals surface area contributed by atoms with Gasteiger partial charge in [0.25, 0.3) is 0 Å². The van der Waals surface area contributed by atoms with Crippen molar-refractivity contribution in [3.63, 3.8) is 0 Å². The fourth-order valence-corrected chi connectivity index (χ4v) is 3.61. The maximum absolute atomic E-state index is 6.05. The summed E-state index contributed by atoms with van der Waals surface area (Å²) in [5, 5.41) is 5.20. The molecule has 0 aliphatic carbocycles. The van der Waals surface area contributed by atoms with Crippen molar-refractivity contribution in [2.24, 2.45) is 0 Å². The molecule has 0 spiro atoms. The first-order chi connectivity index (χ1) is 11.8. The summed E-state index contributed by atoms with van der Waals surface area (Å²) in [4.78, 5) is 5.60. The number of halogens is 1. The lowest BCUT2D eigenvalue weighted by atomic mass is 10.2. The molecule has 0 saturated heterocycles. The highest BCUT2D eigenvalue weighted by Gasteiger charge is 2.13. The van der Waals surface area contributed by atoms with Gasteiger partial charge in [-0.25, -0.2) is 4.98 Å². The smallest absolute Gasteiger partial charge is 0.231 e. The Morgan fingerprint density at radius 2 is 2.00 bits per heavy atom. The first-order valence-electron chi connectivity index (χ1n) is 7.58. The van der Waals surface area contributed by atoms with E-state index in [0.717, 1.165) is 50.6 Å². The van der Waals surface area contributed by atoms with Crippen LogP contribution in [0, 0.1) is 0 Å². The molecule has 1 aliphatic heterocycles. The van der Waals surface area contributed by atoms with Crippen LogP contribution in [0.2, 0.25) is 5.02 Å². The fourth-order valence-electron chi connectivity index (χ4n) is 2.53. The van der Waals surface area contributed by atoms with Crippen LogP contribution in [0.4, 0.5) is 0 Å². The van der Waals surface area contributed by atoms with Gasteiger partial charge in [0.2, 0.25) is 6.79 Å². The van der Waals surface area contributed by atoms with Crippen LogP contribution in [-0.4, -0.2) is 11.8 Å². The zero-order valence-electron chi connectivity index (χ0n) is 12.8. The van der Waals surface area contributed by atoms with E-state index in [2.05, 4.69) is 10.3 Å². The Bertz CT molecular complexity index is 866. The minimum atomic E-state index is 0.303. The molecule has 0 saturated carbocycles. The number of hydrogen-bond acceptors (Lipinski definition) is 5. The van der Waals surface area contributed by atoms with Gasteiger partial charge in [-0.3, -0.25) is 0 Å². The molecular weight excluding hydrogens is 344 g/mol. The molecule has 6 heteroatoms. The van der Waals surface area contributed by atoms with Gasteiger partial charge in [0, 0.05) is 24.3 Å². The SMILES string of the molecule is Clc1cccc(-c2cnc(CNCc3ccc4c(c3)OCO4)s2)c1. The van der Waals surface area contributed by atoms with Gasteiger partial charge in [-0.15, -0.1) is 11.3 Å². The maximum atomic E-state index is 6.05. The Kier molecular flexibility index (Phi) is 4.38. The number of nitrogens with zero attached hydrogens (tertiary/aromatic N) is 1. The van der Waals surface area contributed by atoms with Crippen molar-refractivity contribution in [2.45, 2.75) is 13.1 Å². The Hall–Kier alpha value is -2.08. The molecule has 2 aromatic carbocycles. The molecule has 0 fully saturated rings. The molecule has 0 bridgehead atoms. The lowest BCUT2D eigenvalue weighted by Crippen LogP contribution is -2.12. The van der Waals surface area contributed by atoms with Gasteiger partial charge in [0.05, 0.1) is 4.88 Å². The summed E-state index contributed by atoms with van der Waals surface area (Å²) in [6, 6.07) is 13.8. The van der Waals surface area contributed by atoms with Crippen molar-refractivity contribution in [1.29, 1.82) is 0 Å². The van der Waals surface area contributed by atoms with Crippen LogP contribution in [0.1, 0.15) is 10.6 Å². The van der Waals surface area contributed by atoms with Crippen molar-refractivity contribution in [2.75, 3.05) is 6.79 Å². The van der Waals surface area contributed by atoms with E-state index < -0.39 is 0 Å². The molecular formula is C18H15ClN2O2S. The quantitative estimate of drug-likeness (QED) is 0.730. The van der Waals surface area contributed by atoms with Crippen LogP contribution in [-0.2, 0) is 13.1 Å². The van der Waals surface area contributed by atoms with E-state index >= 15 is 0 Å². The Morgan fingerprint density at radius 3 is 2.92 bits per heavy atom. The summed E-state index contributed by atoms with van der Waals surface area (Å²) in [6.45, 7) is 1.78. The predicted molar refractivity (Wildman–Crippen MR) is 95.7 cm³/mol. The van der Waals surface area contributed by atoms with Crippen LogP contribution in [0.25, 0.3) is 10.4 Å². The molecule has 2 heterocycles. The molecule has 0 radical (unpaired) electrons. The molecule has 1 N–H and O–H groups in total. The fraction of sp³-hybridized carbons (Fsp3) is 0.167. The third-order valence-electron chi connectivity index (χ3n) is 3.71. The van der Waals surface area contributed by atoms with Crippen molar-refractivity contribution in [3.8, 4) is 21.9 Å². The van der Waals surface area contributed by atoms with E-state index in [-0.39, 0.29) is 0 Å². The van der Waals surface area contributed by atoms with Gasteiger partial charge >= 0.3 is 0 Å². The minimum Gasteiger partial charge on any atom is -0.454 e. The molecule has 24 heavy (non-hydrogen) atoms. The van der Waals surface area contributed by atoms with Crippen LogP contribution in [0.5, 0.6) is 11.5 Å². The summed E-state index contributed by atoms with van der Waals surface area (Å²) in [6.07, 6.45) is 1.90. The first kappa shape index (κ1) is 15.4. The second-order valence-corrected chi connectivity index (χ2v) is 6.97. The van der Waals surface area contributed by atoms with E-state index in [1.165, 1.54) is 0 Å². The highest BCUT2D eigenvalue weighted by atomic mass is 35.5. The topological polar surface area (TPSA) is 43.4 Å². The normalized spacial score (nSPS) is 12.5. The molecule has 4 nitrogen and oxygen atoms in total. The molecule has 0 amide bonds. The number of aromatic nitrogens is 1. The molecule has 1 aliphatic rings. The molecule has 4 rings (SSSR count). The maximum Gasteiger partial charge on any atom is 0.231 e. The number of ether oxygens (including phenoxy) is 2. The highest BCUT2D eigenvalue weighted by molar-refractivity contribution is 7.15. The van der Waals surface area contributed by atoms with Gasteiger partial charge in [0.1, 0.15) is 5.01 Å². The summed E-state index contributed by atoms with van der Waals surface area (Å²) in [5.41, 5.74) is 2.26. The lowest BCUT2D eigenvalue weighted by Gasteiger charge is -2.04. The Labute approximate surface area is 149 Å². The van der Waals surface area contributed by atoms with Crippen LogP contribution >= 0.6 is 22.9 Å². The molecule has 0 unspecified atom stereocenters. The van der Waals surface area contributed by atoms with E-state index in [0.29, 0.717) is 6.79 Å². The summed E-state index contributed by atoms with van der Waals surface area (Å²) < 4.78 is 10.7. The van der Waals surface area contributed by atoms with Crippen molar-refractivity contribution in [3.05, 3.63) is 64.3 Å². The van der Waals surface area contributed by atoms with Crippen molar-refractivity contribution in [1.82, 2.24) is 10.3 Å². The van der Waals surface area contributed by atoms with E-state index in [9.17, 15) is 0 Å². The van der Waals surface area contributed by atoms with Crippen molar-refractivity contribution < 1.29 is 9.47 Å². The zero-order valence-corrected chi connectivity index (χ0v) is 14.4. The van der Waals surface area contributed by atoms with E-state index in [1.54, 1.807) is 11.3 Å². The van der Waals surface area contributed by atoms with Gasteiger partial charge < -0.3 is 14.8 Å². The predicted octanol–water partition coefficient (Wildman–Crippen LogP) is 4.48. The lowest BCUT2D eigenvalue weighted by molar-refractivity contribution is 0.174. The molecule has 122 valence electrons. The summed E-state index contributed by atoms with van der Waals surface area (Å²) >= 11 is 7.72. The van der Waals surface area contributed by atoms with Gasteiger partial charge in [0.15, 0.2) is 11.5 Å². The molecule has 3 aromatic rings. The second-order valence-electron chi connectivity index (χ2n) is 5.42. The number of benzene rings is 2. The third kappa shape index (κ3) is 3.38.